The van der Waals surface area contributed by atoms with E-state index in [1.807, 2.05) is 12.1 Å². The normalized spacial score (nSPS) is 12.9. The fourth-order valence-corrected chi connectivity index (χ4v) is 2.22. The zero-order valence-electron chi connectivity index (χ0n) is 12.0. The lowest BCUT2D eigenvalue weighted by Crippen LogP contribution is -2.29. The zero-order chi connectivity index (χ0) is 13.4. The van der Waals surface area contributed by atoms with Crippen LogP contribution in [0.25, 0.3) is 0 Å². The van der Waals surface area contributed by atoms with Crippen LogP contribution in [0.15, 0.2) is 24.3 Å². The second-order valence-corrected chi connectivity index (χ2v) is 5.01. The van der Waals surface area contributed by atoms with Crippen LogP contribution in [0, 0.1) is 0 Å². The average molecular weight is 249 g/mol. The Kier molecular flexibility index (Phi) is 6.81. The second kappa shape index (κ2) is 8.15. The molecule has 0 fully saturated rings. The number of aromatic hydroxyl groups is 1. The van der Waals surface area contributed by atoms with Crippen LogP contribution in [0.1, 0.15) is 58.1 Å². The topological polar surface area (TPSA) is 23.5 Å². The summed E-state index contributed by atoms with van der Waals surface area (Å²) in [6, 6.07) is 8.04. The minimum absolute atomic E-state index is 0.366. The maximum Gasteiger partial charge on any atom is 0.115 e. The maximum atomic E-state index is 9.58. The molecule has 0 radical (unpaired) electrons. The molecule has 1 aromatic carbocycles. The lowest BCUT2D eigenvalue weighted by molar-refractivity contribution is 0.204. The van der Waals surface area contributed by atoms with Crippen LogP contribution in [0.2, 0.25) is 0 Å². The van der Waals surface area contributed by atoms with E-state index in [1.54, 1.807) is 6.07 Å². The minimum atomic E-state index is 0.366. The Labute approximate surface area is 112 Å². The summed E-state index contributed by atoms with van der Waals surface area (Å²) >= 11 is 0. The van der Waals surface area contributed by atoms with Gasteiger partial charge in [-0.1, -0.05) is 38.8 Å². The molecule has 2 heteroatoms. The summed E-state index contributed by atoms with van der Waals surface area (Å²) < 4.78 is 0. The van der Waals surface area contributed by atoms with E-state index in [0.717, 1.165) is 13.1 Å². The van der Waals surface area contributed by atoms with Gasteiger partial charge in [-0.05, 0) is 50.6 Å². The van der Waals surface area contributed by atoms with Gasteiger partial charge < -0.3 is 5.11 Å². The molecule has 0 aliphatic rings. The first-order valence-electron chi connectivity index (χ1n) is 7.22. The van der Waals surface area contributed by atoms with Crippen LogP contribution in [0.4, 0.5) is 0 Å². The standard InChI is InChI=1S/C16H27NO/c1-4-6-11-17(12-7-5-2)14(3)15-9-8-10-16(18)13-15/h8-10,13-14,18H,4-7,11-12H2,1-3H3. The van der Waals surface area contributed by atoms with Crippen molar-refractivity contribution in [1.82, 2.24) is 4.90 Å². The largest absolute Gasteiger partial charge is 0.508 e. The predicted molar refractivity (Wildman–Crippen MR) is 77.9 cm³/mol. The van der Waals surface area contributed by atoms with E-state index in [9.17, 15) is 5.11 Å². The summed E-state index contributed by atoms with van der Waals surface area (Å²) in [5.74, 6) is 0.366. The molecule has 0 spiro atoms. The van der Waals surface area contributed by atoms with E-state index in [1.165, 1.54) is 31.2 Å². The third kappa shape index (κ3) is 4.69. The van der Waals surface area contributed by atoms with E-state index < -0.39 is 0 Å². The Balaban J connectivity index is 2.70. The van der Waals surface area contributed by atoms with Crippen LogP contribution < -0.4 is 0 Å². The highest BCUT2D eigenvalue weighted by Crippen LogP contribution is 2.24. The lowest BCUT2D eigenvalue weighted by Gasteiger charge is -2.29. The van der Waals surface area contributed by atoms with Gasteiger partial charge in [0.2, 0.25) is 0 Å². The van der Waals surface area contributed by atoms with Gasteiger partial charge in [-0.15, -0.1) is 0 Å². The Morgan fingerprint density at radius 2 is 1.72 bits per heavy atom. The molecule has 1 atom stereocenters. The molecular formula is C16H27NO. The third-order valence-corrected chi connectivity index (χ3v) is 3.50. The van der Waals surface area contributed by atoms with E-state index >= 15 is 0 Å². The van der Waals surface area contributed by atoms with Gasteiger partial charge in [0.05, 0.1) is 0 Å². The first kappa shape index (κ1) is 15.0. The first-order valence-corrected chi connectivity index (χ1v) is 7.22. The Hall–Kier alpha value is -1.02. The van der Waals surface area contributed by atoms with E-state index in [0.29, 0.717) is 11.8 Å². The van der Waals surface area contributed by atoms with Crippen LogP contribution in [0.3, 0.4) is 0 Å². The second-order valence-electron chi connectivity index (χ2n) is 5.01. The fraction of sp³-hybridized carbons (Fsp3) is 0.625. The molecule has 0 aliphatic carbocycles. The van der Waals surface area contributed by atoms with Crippen molar-refractivity contribution in [3.8, 4) is 5.75 Å². The molecule has 1 N–H and O–H groups in total. The molecule has 0 saturated carbocycles. The third-order valence-electron chi connectivity index (χ3n) is 3.50. The molecule has 0 heterocycles. The molecule has 2 nitrogen and oxygen atoms in total. The monoisotopic (exact) mass is 249 g/mol. The molecule has 0 bridgehead atoms. The van der Waals surface area contributed by atoms with Crippen molar-refractivity contribution in [2.45, 2.75) is 52.5 Å². The van der Waals surface area contributed by atoms with Crippen molar-refractivity contribution >= 4 is 0 Å². The lowest BCUT2D eigenvalue weighted by atomic mass is 10.1. The molecule has 102 valence electrons. The van der Waals surface area contributed by atoms with Crippen molar-refractivity contribution in [2.24, 2.45) is 0 Å². The van der Waals surface area contributed by atoms with Crippen molar-refractivity contribution in [3.63, 3.8) is 0 Å². The van der Waals surface area contributed by atoms with Crippen LogP contribution >= 0.6 is 0 Å². The summed E-state index contributed by atoms with van der Waals surface area (Å²) in [6.07, 6.45) is 4.95. The summed E-state index contributed by atoms with van der Waals surface area (Å²) in [5, 5.41) is 9.58. The SMILES string of the molecule is CCCCN(CCCC)C(C)c1cccc(O)c1. The fourth-order valence-electron chi connectivity index (χ4n) is 2.22. The number of hydrogen-bond donors (Lipinski definition) is 1. The molecule has 1 rings (SSSR count). The number of unbranched alkanes of at least 4 members (excludes halogenated alkanes) is 2. The number of benzene rings is 1. The Morgan fingerprint density at radius 3 is 2.22 bits per heavy atom. The van der Waals surface area contributed by atoms with Gasteiger partial charge in [0.25, 0.3) is 0 Å². The number of phenols is 1. The van der Waals surface area contributed by atoms with Gasteiger partial charge in [0.1, 0.15) is 5.75 Å². The smallest absolute Gasteiger partial charge is 0.115 e. The Bertz CT molecular complexity index is 330. The van der Waals surface area contributed by atoms with E-state index in [4.69, 9.17) is 0 Å². The minimum Gasteiger partial charge on any atom is -0.508 e. The molecule has 18 heavy (non-hydrogen) atoms. The van der Waals surface area contributed by atoms with Gasteiger partial charge in [-0.2, -0.15) is 0 Å². The van der Waals surface area contributed by atoms with E-state index in [-0.39, 0.29) is 0 Å². The molecule has 0 aromatic heterocycles. The highest BCUT2D eigenvalue weighted by Gasteiger charge is 2.14. The number of hydrogen-bond acceptors (Lipinski definition) is 2. The summed E-state index contributed by atoms with van der Waals surface area (Å²) in [5.41, 5.74) is 1.21. The van der Waals surface area contributed by atoms with Gasteiger partial charge >= 0.3 is 0 Å². The predicted octanol–water partition coefficient (Wildman–Crippen LogP) is 4.36. The molecule has 1 aromatic rings. The molecule has 0 saturated heterocycles. The summed E-state index contributed by atoms with van der Waals surface area (Å²) in [4.78, 5) is 2.53. The maximum absolute atomic E-state index is 9.58. The van der Waals surface area contributed by atoms with Gasteiger partial charge in [-0.3, -0.25) is 4.90 Å². The molecular weight excluding hydrogens is 222 g/mol. The molecule has 0 aliphatic heterocycles. The number of rotatable bonds is 8. The number of phenolic OH excluding ortho intramolecular Hbond substituents is 1. The first-order chi connectivity index (χ1) is 8.69. The van der Waals surface area contributed by atoms with Gasteiger partial charge in [0, 0.05) is 6.04 Å². The highest BCUT2D eigenvalue weighted by atomic mass is 16.3. The molecule has 0 amide bonds. The van der Waals surface area contributed by atoms with Crippen molar-refractivity contribution in [2.75, 3.05) is 13.1 Å². The average Bonchev–Trinajstić information content (AvgIpc) is 2.38. The number of nitrogens with zero attached hydrogens (tertiary/aromatic N) is 1. The van der Waals surface area contributed by atoms with Crippen molar-refractivity contribution in [3.05, 3.63) is 29.8 Å². The van der Waals surface area contributed by atoms with Crippen LogP contribution in [-0.4, -0.2) is 23.1 Å². The summed E-state index contributed by atoms with van der Waals surface area (Å²) in [7, 11) is 0. The van der Waals surface area contributed by atoms with Crippen molar-refractivity contribution < 1.29 is 5.11 Å². The van der Waals surface area contributed by atoms with Gasteiger partial charge in [0.15, 0.2) is 0 Å². The molecule has 1 unspecified atom stereocenters. The van der Waals surface area contributed by atoms with Gasteiger partial charge in [-0.25, -0.2) is 0 Å². The zero-order valence-corrected chi connectivity index (χ0v) is 12.0. The van der Waals surface area contributed by atoms with Crippen LogP contribution in [0.5, 0.6) is 5.75 Å². The quantitative estimate of drug-likeness (QED) is 0.740. The van der Waals surface area contributed by atoms with E-state index in [2.05, 4.69) is 31.7 Å². The highest BCUT2D eigenvalue weighted by molar-refractivity contribution is 5.29. The Morgan fingerprint density at radius 1 is 1.11 bits per heavy atom. The van der Waals surface area contributed by atoms with Crippen molar-refractivity contribution in [1.29, 1.82) is 0 Å². The summed E-state index contributed by atoms with van der Waals surface area (Å²) in [6.45, 7) is 8.99. The van der Waals surface area contributed by atoms with Crippen LogP contribution in [-0.2, 0) is 0 Å².